The van der Waals surface area contributed by atoms with Gasteiger partial charge in [0, 0.05) is 18.7 Å². The Morgan fingerprint density at radius 2 is 1.86 bits per heavy atom. The molecule has 0 saturated carbocycles. The number of hydrogen-bond donors (Lipinski definition) is 1. The molecular weight excluding hydrogens is 352 g/mol. The third-order valence-corrected chi connectivity index (χ3v) is 5.01. The van der Waals surface area contributed by atoms with Crippen LogP contribution in [-0.2, 0) is 20.7 Å². The smallest absolute Gasteiger partial charge is 0.253 e. The van der Waals surface area contributed by atoms with E-state index in [9.17, 15) is 9.59 Å². The molecule has 1 atom stereocenters. The average molecular weight is 380 g/mol. The second-order valence-corrected chi connectivity index (χ2v) is 7.47. The molecule has 1 N–H and O–H groups in total. The maximum atomic E-state index is 12.3. The summed E-state index contributed by atoms with van der Waals surface area (Å²) in [6.45, 7) is 5.17. The molecular formula is C23H28N2O3. The van der Waals surface area contributed by atoms with Gasteiger partial charge in [0.25, 0.3) is 5.91 Å². The van der Waals surface area contributed by atoms with Crippen molar-refractivity contribution in [2.24, 2.45) is 0 Å². The fourth-order valence-electron chi connectivity index (χ4n) is 3.26. The quantitative estimate of drug-likeness (QED) is 0.802. The molecule has 28 heavy (non-hydrogen) atoms. The van der Waals surface area contributed by atoms with Gasteiger partial charge < -0.3 is 15.0 Å². The largest absolute Gasteiger partial charge is 0.365 e. The van der Waals surface area contributed by atoms with Crippen LogP contribution in [0.1, 0.15) is 37.3 Å². The van der Waals surface area contributed by atoms with E-state index in [0.717, 1.165) is 11.3 Å². The van der Waals surface area contributed by atoms with E-state index in [1.54, 1.807) is 4.90 Å². The number of anilines is 1. The van der Waals surface area contributed by atoms with Gasteiger partial charge in [-0.2, -0.15) is 0 Å². The molecule has 0 aliphatic carbocycles. The molecule has 148 valence electrons. The maximum Gasteiger partial charge on any atom is 0.253 e. The molecule has 5 heteroatoms. The summed E-state index contributed by atoms with van der Waals surface area (Å²) in [6.07, 6.45) is 0.948. The number of benzene rings is 2. The molecule has 3 rings (SSSR count). The SMILES string of the molecule is CC(C)c1ccc(N2CC(CNC(=O)CCc3ccccc3)OCC2=O)cc1. The molecule has 1 aliphatic heterocycles. The van der Waals surface area contributed by atoms with Gasteiger partial charge in [0.1, 0.15) is 6.61 Å². The number of carbonyl (C=O) groups is 2. The number of carbonyl (C=O) groups excluding carboxylic acids is 2. The lowest BCUT2D eigenvalue weighted by molar-refractivity contribution is -0.129. The van der Waals surface area contributed by atoms with Crippen LogP contribution in [-0.4, -0.2) is 37.6 Å². The molecule has 0 spiro atoms. The van der Waals surface area contributed by atoms with Crippen LogP contribution in [0.2, 0.25) is 0 Å². The summed E-state index contributed by atoms with van der Waals surface area (Å²) in [4.78, 5) is 26.1. The molecule has 0 aromatic heterocycles. The van der Waals surface area contributed by atoms with Gasteiger partial charge in [0.2, 0.25) is 5.91 Å². The van der Waals surface area contributed by atoms with Gasteiger partial charge in [-0.25, -0.2) is 0 Å². The zero-order chi connectivity index (χ0) is 19.9. The summed E-state index contributed by atoms with van der Waals surface area (Å²) in [5.74, 6) is 0.398. The highest BCUT2D eigenvalue weighted by molar-refractivity contribution is 5.95. The highest BCUT2D eigenvalue weighted by Gasteiger charge is 2.27. The lowest BCUT2D eigenvalue weighted by Crippen LogP contribution is -2.50. The van der Waals surface area contributed by atoms with Gasteiger partial charge in [0.15, 0.2) is 0 Å². The fraction of sp³-hybridized carbons (Fsp3) is 0.391. The zero-order valence-electron chi connectivity index (χ0n) is 16.6. The lowest BCUT2D eigenvalue weighted by Gasteiger charge is -2.33. The number of nitrogens with zero attached hydrogens (tertiary/aromatic N) is 1. The van der Waals surface area contributed by atoms with Crippen LogP contribution in [0.5, 0.6) is 0 Å². The first-order valence-electron chi connectivity index (χ1n) is 9.85. The van der Waals surface area contributed by atoms with Crippen LogP contribution in [0.4, 0.5) is 5.69 Å². The van der Waals surface area contributed by atoms with Crippen LogP contribution in [0.3, 0.4) is 0 Å². The monoisotopic (exact) mass is 380 g/mol. The second kappa shape index (κ2) is 9.51. The first-order chi connectivity index (χ1) is 13.5. The Kier molecular flexibility index (Phi) is 6.82. The number of hydrogen-bond acceptors (Lipinski definition) is 3. The van der Waals surface area contributed by atoms with Crippen molar-refractivity contribution in [3.63, 3.8) is 0 Å². The number of aryl methyl sites for hydroxylation is 1. The van der Waals surface area contributed by atoms with E-state index in [0.29, 0.717) is 31.8 Å². The molecule has 1 aliphatic rings. The van der Waals surface area contributed by atoms with Crippen molar-refractivity contribution >= 4 is 17.5 Å². The average Bonchev–Trinajstić information content (AvgIpc) is 2.72. The summed E-state index contributed by atoms with van der Waals surface area (Å²) in [7, 11) is 0. The van der Waals surface area contributed by atoms with Crippen molar-refractivity contribution in [2.75, 3.05) is 24.6 Å². The van der Waals surface area contributed by atoms with E-state index in [1.807, 2.05) is 42.5 Å². The van der Waals surface area contributed by atoms with Crippen LogP contribution in [0, 0.1) is 0 Å². The van der Waals surface area contributed by atoms with Crippen molar-refractivity contribution < 1.29 is 14.3 Å². The number of ether oxygens (including phenoxy) is 1. The van der Waals surface area contributed by atoms with E-state index in [1.165, 1.54) is 5.56 Å². The first kappa shape index (κ1) is 20.1. The van der Waals surface area contributed by atoms with Crippen LogP contribution in [0.25, 0.3) is 0 Å². The van der Waals surface area contributed by atoms with Crippen molar-refractivity contribution in [1.82, 2.24) is 5.32 Å². The lowest BCUT2D eigenvalue weighted by atomic mass is 10.0. The fourth-order valence-corrected chi connectivity index (χ4v) is 3.26. The van der Waals surface area contributed by atoms with E-state index in [4.69, 9.17) is 4.74 Å². The van der Waals surface area contributed by atoms with Crippen molar-refractivity contribution in [3.8, 4) is 0 Å². The highest BCUT2D eigenvalue weighted by Crippen LogP contribution is 2.22. The zero-order valence-corrected chi connectivity index (χ0v) is 16.6. The van der Waals surface area contributed by atoms with E-state index < -0.39 is 0 Å². The Hall–Kier alpha value is -2.66. The Labute approximate surface area is 166 Å². The minimum atomic E-state index is -0.205. The predicted molar refractivity (Wildman–Crippen MR) is 110 cm³/mol. The molecule has 2 amide bonds. The van der Waals surface area contributed by atoms with Gasteiger partial charge in [-0.15, -0.1) is 0 Å². The van der Waals surface area contributed by atoms with Gasteiger partial charge in [-0.1, -0.05) is 56.3 Å². The summed E-state index contributed by atoms with van der Waals surface area (Å²) in [5, 5.41) is 2.93. The van der Waals surface area contributed by atoms with Gasteiger partial charge >= 0.3 is 0 Å². The first-order valence-corrected chi connectivity index (χ1v) is 9.85. The van der Waals surface area contributed by atoms with Crippen LogP contribution < -0.4 is 10.2 Å². The summed E-state index contributed by atoms with van der Waals surface area (Å²) in [5.41, 5.74) is 3.26. The molecule has 1 saturated heterocycles. The summed E-state index contributed by atoms with van der Waals surface area (Å²) < 4.78 is 5.61. The Bertz CT molecular complexity index is 787. The molecule has 2 aromatic carbocycles. The minimum absolute atomic E-state index is 0.00260. The van der Waals surface area contributed by atoms with Crippen molar-refractivity contribution in [2.45, 2.75) is 38.7 Å². The van der Waals surface area contributed by atoms with E-state index >= 15 is 0 Å². The third kappa shape index (κ3) is 5.42. The third-order valence-electron chi connectivity index (χ3n) is 5.01. The Morgan fingerprint density at radius 1 is 1.14 bits per heavy atom. The summed E-state index contributed by atoms with van der Waals surface area (Å²) in [6, 6.07) is 18.0. The molecule has 0 bridgehead atoms. The van der Waals surface area contributed by atoms with Gasteiger partial charge in [0.05, 0.1) is 12.6 Å². The number of rotatable bonds is 7. The predicted octanol–water partition coefficient (Wildman–Crippen LogP) is 3.29. The van der Waals surface area contributed by atoms with Crippen LogP contribution >= 0.6 is 0 Å². The van der Waals surface area contributed by atoms with E-state index in [-0.39, 0.29) is 24.5 Å². The Morgan fingerprint density at radius 3 is 2.54 bits per heavy atom. The molecule has 0 radical (unpaired) electrons. The Balaban J connectivity index is 1.50. The summed E-state index contributed by atoms with van der Waals surface area (Å²) >= 11 is 0. The molecule has 1 unspecified atom stereocenters. The second-order valence-electron chi connectivity index (χ2n) is 7.47. The highest BCUT2D eigenvalue weighted by atomic mass is 16.5. The van der Waals surface area contributed by atoms with Crippen molar-refractivity contribution in [3.05, 3.63) is 65.7 Å². The van der Waals surface area contributed by atoms with Crippen LogP contribution in [0.15, 0.2) is 54.6 Å². The normalized spacial score (nSPS) is 17.0. The topological polar surface area (TPSA) is 58.6 Å². The minimum Gasteiger partial charge on any atom is -0.365 e. The van der Waals surface area contributed by atoms with Crippen molar-refractivity contribution in [1.29, 1.82) is 0 Å². The van der Waals surface area contributed by atoms with Gasteiger partial charge in [-0.05, 0) is 35.6 Å². The number of morpholine rings is 1. The molecule has 5 nitrogen and oxygen atoms in total. The number of amides is 2. The maximum absolute atomic E-state index is 12.3. The molecule has 1 fully saturated rings. The molecule has 2 aromatic rings. The number of nitrogens with one attached hydrogen (secondary N) is 1. The standard InChI is InChI=1S/C23H28N2O3/c1-17(2)19-9-11-20(12-10-19)25-15-21(28-16-23(25)27)14-24-22(26)13-8-18-6-4-3-5-7-18/h3-7,9-12,17,21H,8,13-16H2,1-2H3,(H,24,26). The van der Waals surface area contributed by atoms with E-state index in [2.05, 4.69) is 31.3 Å². The van der Waals surface area contributed by atoms with Gasteiger partial charge in [-0.3, -0.25) is 9.59 Å². The molecule has 1 heterocycles.